The zero-order valence-corrected chi connectivity index (χ0v) is 10.3. The van der Waals surface area contributed by atoms with E-state index < -0.39 is 11.7 Å². The van der Waals surface area contributed by atoms with Gasteiger partial charge in [0, 0.05) is 11.6 Å². The molecule has 2 heterocycles. The third-order valence-corrected chi connectivity index (χ3v) is 3.48. The standard InChI is InChI=1S/C13H14F3NO2/c1-7-5-18-11-6-19-10-4-8(13(14,15)16)2-3-9(10)12(11)17-7/h2-4,7,11-12,17H,5-6H2,1H3/t7-,11-,12+/m1/s1. The van der Waals surface area contributed by atoms with Crippen LogP contribution in [0.5, 0.6) is 5.75 Å². The first kappa shape index (κ1) is 12.7. The summed E-state index contributed by atoms with van der Waals surface area (Å²) < 4.78 is 49.0. The van der Waals surface area contributed by atoms with E-state index in [-0.39, 0.29) is 24.8 Å². The fourth-order valence-corrected chi connectivity index (χ4v) is 2.53. The van der Waals surface area contributed by atoms with E-state index in [9.17, 15) is 13.2 Å². The van der Waals surface area contributed by atoms with Gasteiger partial charge < -0.3 is 14.8 Å². The molecule has 3 nitrogen and oxygen atoms in total. The van der Waals surface area contributed by atoms with E-state index in [1.807, 2.05) is 6.92 Å². The van der Waals surface area contributed by atoms with Gasteiger partial charge in [-0.2, -0.15) is 13.2 Å². The first-order valence-corrected chi connectivity index (χ1v) is 6.17. The number of alkyl halides is 3. The van der Waals surface area contributed by atoms with E-state index in [4.69, 9.17) is 9.47 Å². The molecule has 0 unspecified atom stereocenters. The number of hydrogen-bond donors (Lipinski definition) is 1. The minimum atomic E-state index is -4.35. The van der Waals surface area contributed by atoms with Crippen LogP contribution >= 0.6 is 0 Å². The van der Waals surface area contributed by atoms with Crippen LogP contribution in [0.25, 0.3) is 0 Å². The molecule has 0 saturated carbocycles. The summed E-state index contributed by atoms with van der Waals surface area (Å²) in [5.41, 5.74) is 0.0466. The molecule has 0 spiro atoms. The van der Waals surface area contributed by atoms with Gasteiger partial charge in [-0.15, -0.1) is 0 Å². The van der Waals surface area contributed by atoms with Gasteiger partial charge in [-0.3, -0.25) is 0 Å². The fraction of sp³-hybridized carbons (Fsp3) is 0.538. The summed E-state index contributed by atoms with van der Waals surface area (Å²) in [5.74, 6) is 0.293. The number of nitrogens with one attached hydrogen (secondary N) is 1. The molecule has 1 aromatic rings. The highest BCUT2D eigenvalue weighted by Gasteiger charge is 2.38. The van der Waals surface area contributed by atoms with Crippen molar-refractivity contribution in [1.29, 1.82) is 0 Å². The van der Waals surface area contributed by atoms with Crippen molar-refractivity contribution in [2.75, 3.05) is 13.2 Å². The summed E-state index contributed by atoms with van der Waals surface area (Å²) in [4.78, 5) is 0. The van der Waals surface area contributed by atoms with Gasteiger partial charge in [-0.1, -0.05) is 6.07 Å². The molecule has 0 radical (unpaired) electrons. The number of rotatable bonds is 0. The van der Waals surface area contributed by atoms with E-state index in [2.05, 4.69) is 5.32 Å². The molecule has 0 bridgehead atoms. The quantitative estimate of drug-likeness (QED) is 0.788. The molecule has 1 N–H and O–H groups in total. The molecule has 104 valence electrons. The average molecular weight is 273 g/mol. The van der Waals surface area contributed by atoms with Crippen LogP contribution in [0.3, 0.4) is 0 Å². The van der Waals surface area contributed by atoms with Gasteiger partial charge in [0.15, 0.2) is 0 Å². The van der Waals surface area contributed by atoms with Crippen molar-refractivity contribution in [3.05, 3.63) is 29.3 Å². The van der Waals surface area contributed by atoms with Crippen molar-refractivity contribution >= 4 is 0 Å². The van der Waals surface area contributed by atoms with E-state index in [0.717, 1.165) is 17.7 Å². The van der Waals surface area contributed by atoms with Crippen LogP contribution in [-0.4, -0.2) is 25.4 Å². The van der Waals surface area contributed by atoms with Crippen LogP contribution in [0.15, 0.2) is 18.2 Å². The second-order valence-corrected chi connectivity index (χ2v) is 4.98. The molecule has 3 rings (SSSR count). The highest BCUT2D eigenvalue weighted by atomic mass is 19.4. The second-order valence-electron chi connectivity index (χ2n) is 4.98. The lowest BCUT2D eigenvalue weighted by Gasteiger charge is -2.40. The summed E-state index contributed by atoms with van der Waals surface area (Å²) in [6.07, 6.45) is -4.49. The highest BCUT2D eigenvalue weighted by molar-refractivity contribution is 5.43. The van der Waals surface area contributed by atoms with Crippen LogP contribution in [0.2, 0.25) is 0 Å². The Morgan fingerprint density at radius 3 is 2.79 bits per heavy atom. The summed E-state index contributed by atoms with van der Waals surface area (Å²) >= 11 is 0. The smallest absolute Gasteiger partial charge is 0.416 e. The molecule has 6 heteroatoms. The van der Waals surface area contributed by atoms with Crippen LogP contribution in [-0.2, 0) is 10.9 Å². The van der Waals surface area contributed by atoms with Crippen LogP contribution < -0.4 is 10.1 Å². The van der Waals surface area contributed by atoms with E-state index in [1.54, 1.807) is 0 Å². The first-order valence-electron chi connectivity index (χ1n) is 6.17. The molecule has 3 atom stereocenters. The minimum absolute atomic E-state index is 0.102. The molecule has 0 aromatic heterocycles. The lowest BCUT2D eigenvalue weighted by Crippen LogP contribution is -2.51. The predicted octanol–water partition coefficient (Wildman–Crippen LogP) is 2.52. The van der Waals surface area contributed by atoms with Crippen molar-refractivity contribution in [3.63, 3.8) is 0 Å². The molecule has 19 heavy (non-hydrogen) atoms. The molecule has 2 aliphatic heterocycles. The first-order chi connectivity index (χ1) is 8.95. The van der Waals surface area contributed by atoms with Crippen LogP contribution in [0, 0.1) is 0 Å². The summed E-state index contributed by atoms with van der Waals surface area (Å²) in [6.45, 7) is 2.84. The Hall–Kier alpha value is -1.27. The molecular weight excluding hydrogens is 259 g/mol. The topological polar surface area (TPSA) is 30.5 Å². The Morgan fingerprint density at radius 2 is 2.05 bits per heavy atom. The largest absolute Gasteiger partial charge is 0.490 e. The van der Waals surface area contributed by atoms with Crippen LogP contribution in [0.1, 0.15) is 24.1 Å². The number of hydrogen-bond acceptors (Lipinski definition) is 3. The van der Waals surface area contributed by atoms with Crippen molar-refractivity contribution in [2.24, 2.45) is 0 Å². The molecule has 1 fully saturated rings. The lowest BCUT2D eigenvalue weighted by atomic mass is 9.94. The van der Waals surface area contributed by atoms with Crippen molar-refractivity contribution in [1.82, 2.24) is 5.32 Å². The van der Waals surface area contributed by atoms with Crippen molar-refractivity contribution < 1.29 is 22.6 Å². The summed E-state index contributed by atoms with van der Waals surface area (Å²) in [5, 5.41) is 3.35. The Labute approximate surface area is 108 Å². The molecule has 1 saturated heterocycles. The number of fused-ring (bicyclic) bond motifs is 3. The molecule has 2 aliphatic rings. The number of morpholine rings is 1. The van der Waals surface area contributed by atoms with E-state index in [0.29, 0.717) is 12.4 Å². The zero-order chi connectivity index (χ0) is 13.6. The van der Waals surface area contributed by atoms with Crippen molar-refractivity contribution in [2.45, 2.75) is 31.3 Å². The Kier molecular flexibility index (Phi) is 2.94. The lowest BCUT2D eigenvalue weighted by molar-refractivity contribution is -0.137. The van der Waals surface area contributed by atoms with E-state index >= 15 is 0 Å². The Bertz CT molecular complexity index is 489. The fourth-order valence-electron chi connectivity index (χ4n) is 2.53. The van der Waals surface area contributed by atoms with E-state index in [1.165, 1.54) is 6.07 Å². The molecule has 1 aromatic carbocycles. The van der Waals surface area contributed by atoms with Gasteiger partial charge in [-0.25, -0.2) is 0 Å². The van der Waals surface area contributed by atoms with Gasteiger partial charge in [0.25, 0.3) is 0 Å². The molecule has 0 amide bonds. The summed E-state index contributed by atoms with van der Waals surface area (Å²) in [7, 11) is 0. The molecular formula is C13H14F3NO2. The van der Waals surface area contributed by atoms with Gasteiger partial charge in [0.2, 0.25) is 0 Å². The Morgan fingerprint density at radius 1 is 1.26 bits per heavy atom. The SMILES string of the molecule is C[C@@H]1CO[C@@H]2COc3cc(C(F)(F)F)ccc3[C@@H]2N1. The number of halogens is 3. The Balaban J connectivity index is 1.95. The summed E-state index contributed by atoms with van der Waals surface area (Å²) in [6, 6.07) is 3.70. The molecule has 0 aliphatic carbocycles. The number of ether oxygens (including phenoxy) is 2. The zero-order valence-electron chi connectivity index (χ0n) is 10.3. The van der Waals surface area contributed by atoms with Gasteiger partial charge in [-0.05, 0) is 19.1 Å². The normalized spacial score (nSPS) is 30.2. The highest BCUT2D eigenvalue weighted by Crippen LogP contribution is 2.39. The van der Waals surface area contributed by atoms with Gasteiger partial charge >= 0.3 is 6.18 Å². The monoisotopic (exact) mass is 273 g/mol. The third kappa shape index (κ3) is 2.30. The average Bonchev–Trinajstić information content (AvgIpc) is 2.36. The predicted molar refractivity (Wildman–Crippen MR) is 62.0 cm³/mol. The van der Waals surface area contributed by atoms with Crippen molar-refractivity contribution in [3.8, 4) is 5.75 Å². The minimum Gasteiger partial charge on any atom is -0.490 e. The van der Waals surface area contributed by atoms with Crippen LogP contribution in [0.4, 0.5) is 13.2 Å². The maximum absolute atomic E-state index is 12.7. The maximum atomic E-state index is 12.7. The third-order valence-electron chi connectivity index (χ3n) is 3.48. The second kappa shape index (κ2) is 4.38. The maximum Gasteiger partial charge on any atom is 0.416 e. The number of benzene rings is 1. The van der Waals surface area contributed by atoms with Gasteiger partial charge in [0.1, 0.15) is 18.5 Å². The van der Waals surface area contributed by atoms with Gasteiger partial charge in [0.05, 0.1) is 18.2 Å².